The van der Waals surface area contributed by atoms with E-state index >= 15 is 0 Å². The monoisotopic (exact) mass is 419 g/mol. The number of aryl methyl sites for hydroxylation is 2. The van der Waals surface area contributed by atoms with Crippen LogP contribution in [-0.4, -0.2) is 47.6 Å². The second-order valence-electron chi connectivity index (χ2n) is 6.46. The quantitative estimate of drug-likeness (QED) is 0.523. The van der Waals surface area contributed by atoms with E-state index in [1.54, 1.807) is 44.4 Å². The fraction of sp³-hybridized carbons (Fsp3) is 0.300. The summed E-state index contributed by atoms with van der Waals surface area (Å²) in [4.78, 5) is 12.3. The van der Waals surface area contributed by atoms with Gasteiger partial charge < -0.3 is 9.47 Å². The first-order valence-electron chi connectivity index (χ1n) is 8.74. The van der Waals surface area contributed by atoms with Gasteiger partial charge in [-0.15, -0.1) is 0 Å². The highest BCUT2D eigenvalue weighted by atomic mass is 32.2. The van der Waals surface area contributed by atoms with Gasteiger partial charge >= 0.3 is 0 Å². The summed E-state index contributed by atoms with van der Waals surface area (Å²) in [5.41, 5.74) is 5.19. The molecule has 8 nitrogen and oxygen atoms in total. The van der Waals surface area contributed by atoms with Crippen molar-refractivity contribution in [3.05, 3.63) is 53.1 Å². The number of carbonyl (C=O) groups is 1. The molecular weight excluding hydrogens is 394 g/mol. The van der Waals surface area contributed by atoms with E-state index in [0.717, 1.165) is 21.7 Å². The van der Waals surface area contributed by atoms with Crippen molar-refractivity contribution in [3.8, 4) is 11.5 Å². The minimum Gasteiger partial charge on any atom is -0.497 e. The van der Waals surface area contributed by atoms with Crippen LogP contribution in [-0.2, 0) is 14.8 Å². The Labute approximate surface area is 171 Å². The van der Waals surface area contributed by atoms with Crippen LogP contribution < -0.4 is 19.2 Å². The molecule has 2 aromatic rings. The third kappa shape index (κ3) is 5.95. The third-order valence-electron chi connectivity index (χ3n) is 4.14. The van der Waals surface area contributed by atoms with Gasteiger partial charge in [-0.25, -0.2) is 13.8 Å². The zero-order valence-electron chi connectivity index (χ0n) is 17.1. The lowest BCUT2D eigenvalue weighted by molar-refractivity contribution is -0.119. The van der Waals surface area contributed by atoms with Crippen molar-refractivity contribution in [2.24, 2.45) is 5.10 Å². The van der Waals surface area contributed by atoms with Crippen molar-refractivity contribution >= 4 is 27.8 Å². The van der Waals surface area contributed by atoms with Crippen molar-refractivity contribution in [3.63, 3.8) is 0 Å². The average molecular weight is 420 g/mol. The molecule has 0 aliphatic rings. The molecule has 1 amide bonds. The lowest BCUT2D eigenvalue weighted by Gasteiger charge is -2.23. The van der Waals surface area contributed by atoms with E-state index in [-0.39, 0.29) is 6.54 Å². The van der Waals surface area contributed by atoms with E-state index in [4.69, 9.17) is 9.47 Å². The maximum Gasteiger partial charge on any atom is 0.260 e. The minimum atomic E-state index is -3.66. The standard InChI is InChI=1S/C20H25N3O5S/c1-14-6-9-18(15(2)10-14)23(29(5,25)26)13-20(24)22-21-12-16-7-8-17(27-3)11-19(16)28-4/h6-12H,13H2,1-5H3,(H,22,24)/b21-12-. The number of benzene rings is 2. The first kappa shape index (κ1) is 22.2. The van der Waals surface area contributed by atoms with Gasteiger partial charge in [0.1, 0.15) is 18.0 Å². The molecule has 0 radical (unpaired) electrons. The van der Waals surface area contributed by atoms with Gasteiger partial charge in [0, 0.05) is 11.6 Å². The van der Waals surface area contributed by atoms with Crippen molar-refractivity contribution in [1.29, 1.82) is 0 Å². The highest BCUT2D eigenvalue weighted by Gasteiger charge is 2.22. The number of nitrogens with one attached hydrogen (secondary N) is 1. The van der Waals surface area contributed by atoms with E-state index in [9.17, 15) is 13.2 Å². The van der Waals surface area contributed by atoms with Crippen LogP contribution in [0, 0.1) is 13.8 Å². The summed E-state index contributed by atoms with van der Waals surface area (Å²) in [5.74, 6) is 0.579. The zero-order valence-corrected chi connectivity index (χ0v) is 17.9. The molecule has 0 fully saturated rings. The number of hydrogen-bond donors (Lipinski definition) is 1. The van der Waals surface area contributed by atoms with Gasteiger partial charge in [-0.2, -0.15) is 5.10 Å². The number of methoxy groups -OCH3 is 2. The third-order valence-corrected chi connectivity index (χ3v) is 5.27. The van der Waals surface area contributed by atoms with Crippen molar-refractivity contribution < 1.29 is 22.7 Å². The Balaban J connectivity index is 2.14. The molecule has 0 aliphatic heterocycles. The molecule has 1 N–H and O–H groups in total. The predicted molar refractivity (Wildman–Crippen MR) is 113 cm³/mol. The number of hydrogen-bond acceptors (Lipinski definition) is 6. The summed E-state index contributed by atoms with van der Waals surface area (Å²) < 4.78 is 35.9. The first-order valence-corrected chi connectivity index (χ1v) is 10.6. The van der Waals surface area contributed by atoms with E-state index in [1.807, 2.05) is 13.0 Å². The smallest absolute Gasteiger partial charge is 0.260 e. The van der Waals surface area contributed by atoms with Gasteiger partial charge in [0.15, 0.2) is 0 Å². The molecule has 0 unspecified atom stereocenters. The molecule has 0 saturated carbocycles. The Morgan fingerprint density at radius 2 is 1.86 bits per heavy atom. The lowest BCUT2D eigenvalue weighted by Crippen LogP contribution is -2.39. The van der Waals surface area contributed by atoms with Crippen LogP contribution in [0.25, 0.3) is 0 Å². The second-order valence-corrected chi connectivity index (χ2v) is 8.37. The van der Waals surface area contributed by atoms with Gasteiger partial charge in [0.25, 0.3) is 5.91 Å². The molecule has 29 heavy (non-hydrogen) atoms. The Morgan fingerprint density at radius 3 is 2.45 bits per heavy atom. The van der Waals surface area contributed by atoms with E-state index in [2.05, 4.69) is 10.5 Å². The highest BCUT2D eigenvalue weighted by molar-refractivity contribution is 7.92. The number of ether oxygens (including phenoxy) is 2. The largest absolute Gasteiger partial charge is 0.497 e. The van der Waals surface area contributed by atoms with Crippen molar-refractivity contribution in [2.45, 2.75) is 13.8 Å². The lowest BCUT2D eigenvalue weighted by atomic mass is 10.1. The number of amides is 1. The summed E-state index contributed by atoms with van der Waals surface area (Å²) in [7, 11) is -0.597. The van der Waals surface area contributed by atoms with Crippen molar-refractivity contribution in [2.75, 3.05) is 31.3 Å². The maximum absolute atomic E-state index is 12.3. The van der Waals surface area contributed by atoms with Crippen LogP contribution in [0.1, 0.15) is 16.7 Å². The molecule has 2 aromatic carbocycles. The molecule has 2 rings (SSSR count). The normalized spacial score (nSPS) is 11.3. The summed E-state index contributed by atoms with van der Waals surface area (Å²) in [6, 6.07) is 10.5. The number of hydrazone groups is 1. The second kappa shape index (κ2) is 9.42. The predicted octanol–water partition coefficient (Wildman–Crippen LogP) is 2.24. The van der Waals surface area contributed by atoms with E-state index in [1.165, 1.54) is 13.3 Å². The molecule has 0 bridgehead atoms. The summed E-state index contributed by atoms with van der Waals surface area (Å²) in [6.45, 7) is 3.32. The molecule has 0 aromatic heterocycles. The fourth-order valence-electron chi connectivity index (χ4n) is 2.73. The van der Waals surface area contributed by atoms with Gasteiger partial charge in [-0.05, 0) is 37.6 Å². The number of anilines is 1. The Bertz CT molecular complexity index is 1020. The van der Waals surface area contributed by atoms with Gasteiger partial charge in [-0.3, -0.25) is 9.10 Å². The number of sulfonamides is 1. The number of carbonyl (C=O) groups excluding carboxylic acids is 1. The molecular formula is C20H25N3O5S. The van der Waals surface area contributed by atoms with Crippen LogP contribution in [0.3, 0.4) is 0 Å². The van der Waals surface area contributed by atoms with Crippen LogP contribution in [0.2, 0.25) is 0 Å². The molecule has 0 atom stereocenters. The molecule has 9 heteroatoms. The molecule has 0 spiro atoms. The number of nitrogens with zero attached hydrogens (tertiary/aromatic N) is 2. The van der Waals surface area contributed by atoms with E-state index < -0.39 is 15.9 Å². The Hall–Kier alpha value is -3.07. The SMILES string of the molecule is COc1ccc(/C=N\NC(=O)CN(c2ccc(C)cc2C)S(C)(=O)=O)c(OC)c1. The Morgan fingerprint density at radius 1 is 1.14 bits per heavy atom. The Kier molecular flexibility index (Phi) is 7.22. The summed E-state index contributed by atoms with van der Waals surface area (Å²) in [6.07, 6.45) is 2.48. The number of rotatable bonds is 8. The zero-order chi connectivity index (χ0) is 21.6. The average Bonchev–Trinajstić information content (AvgIpc) is 2.66. The van der Waals surface area contributed by atoms with Gasteiger partial charge in [0.05, 0.1) is 32.4 Å². The molecule has 0 aliphatic carbocycles. The topological polar surface area (TPSA) is 97.3 Å². The van der Waals surface area contributed by atoms with E-state index in [0.29, 0.717) is 22.7 Å². The summed E-state index contributed by atoms with van der Waals surface area (Å²) >= 11 is 0. The minimum absolute atomic E-state index is 0.389. The summed E-state index contributed by atoms with van der Waals surface area (Å²) in [5, 5.41) is 3.90. The van der Waals surface area contributed by atoms with Crippen LogP contribution in [0.4, 0.5) is 5.69 Å². The highest BCUT2D eigenvalue weighted by Crippen LogP contribution is 2.24. The first-order chi connectivity index (χ1) is 13.7. The van der Waals surface area contributed by atoms with Crippen molar-refractivity contribution in [1.82, 2.24) is 5.43 Å². The van der Waals surface area contributed by atoms with Gasteiger partial charge in [0.2, 0.25) is 10.0 Å². The van der Waals surface area contributed by atoms with Gasteiger partial charge in [-0.1, -0.05) is 17.7 Å². The van der Waals surface area contributed by atoms with Crippen LogP contribution in [0.5, 0.6) is 11.5 Å². The molecule has 0 saturated heterocycles. The maximum atomic E-state index is 12.3. The van der Waals surface area contributed by atoms with Crippen LogP contribution >= 0.6 is 0 Å². The fourth-order valence-corrected chi connectivity index (χ4v) is 3.64. The molecule has 0 heterocycles. The molecule has 156 valence electrons. The van der Waals surface area contributed by atoms with Crippen LogP contribution in [0.15, 0.2) is 41.5 Å².